The molecule has 0 atom stereocenters. The van der Waals surface area contributed by atoms with Crippen molar-refractivity contribution in [2.45, 2.75) is 13.5 Å². The van der Waals surface area contributed by atoms with Crippen LogP contribution in [0.4, 0.5) is 0 Å². The molecule has 0 aliphatic heterocycles. The van der Waals surface area contributed by atoms with E-state index in [4.69, 9.17) is 11.6 Å². The summed E-state index contributed by atoms with van der Waals surface area (Å²) in [7, 11) is 0. The normalized spacial score (nSPS) is 11.0. The second-order valence-electron chi connectivity index (χ2n) is 5.43. The zero-order chi connectivity index (χ0) is 17.6. The number of hydrogen-bond donors (Lipinski definition) is 1. The smallest absolute Gasteiger partial charge is 0.268 e. The van der Waals surface area contributed by atoms with E-state index >= 15 is 0 Å². The molecule has 1 aromatic carbocycles. The lowest BCUT2D eigenvalue weighted by molar-refractivity contribution is 0.0949. The minimum Gasteiger partial charge on any atom is -0.268 e. The molecule has 3 rings (SSSR count). The molecule has 0 saturated carbocycles. The molecule has 0 radical (unpaired) electrons. The zero-order valence-corrected chi connectivity index (χ0v) is 14.3. The van der Waals surface area contributed by atoms with Crippen LogP contribution in [-0.2, 0) is 6.54 Å². The van der Waals surface area contributed by atoms with Crippen molar-refractivity contribution < 1.29 is 4.79 Å². The van der Waals surface area contributed by atoms with Crippen LogP contribution in [0.3, 0.4) is 0 Å². The van der Waals surface area contributed by atoms with Crippen molar-refractivity contribution in [3.63, 3.8) is 0 Å². The first-order valence-corrected chi connectivity index (χ1v) is 8.03. The molecule has 0 aliphatic carbocycles. The molecule has 0 fully saturated rings. The molecular formula is C18H16ClN5O. The zero-order valence-electron chi connectivity index (χ0n) is 13.6. The fraction of sp³-hybridized carbons (Fsp3) is 0.111. The first kappa shape index (κ1) is 16.9. The van der Waals surface area contributed by atoms with Crippen LogP contribution in [0.2, 0.25) is 5.02 Å². The third-order valence-electron chi connectivity index (χ3n) is 3.40. The van der Waals surface area contributed by atoms with Crippen molar-refractivity contribution in [3.8, 4) is 0 Å². The Morgan fingerprint density at radius 3 is 2.80 bits per heavy atom. The number of carbonyl (C=O) groups excluding carboxylic acids is 1. The van der Waals surface area contributed by atoms with Crippen LogP contribution in [0, 0.1) is 6.92 Å². The third-order valence-corrected chi connectivity index (χ3v) is 3.66. The van der Waals surface area contributed by atoms with Gasteiger partial charge in [0.15, 0.2) is 5.69 Å². The quantitative estimate of drug-likeness (QED) is 0.566. The highest BCUT2D eigenvalue weighted by Gasteiger charge is 2.08. The number of pyridine rings is 1. The van der Waals surface area contributed by atoms with Crippen LogP contribution in [0.25, 0.3) is 0 Å². The Balaban J connectivity index is 1.59. The van der Waals surface area contributed by atoms with Crippen molar-refractivity contribution in [2.24, 2.45) is 5.10 Å². The minimum absolute atomic E-state index is 0.295. The monoisotopic (exact) mass is 353 g/mol. The molecule has 3 aromatic rings. The van der Waals surface area contributed by atoms with Gasteiger partial charge in [0.1, 0.15) is 0 Å². The molecule has 126 valence electrons. The Bertz CT molecular complexity index is 902. The fourth-order valence-electron chi connectivity index (χ4n) is 2.20. The number of nitrogens with zero attached hydrogens (tertiary/aromatic N) is 4. The largest absolute Gasteiger partial charge is 0.291 e. The minimum atomic E-state index is -0.376. The molecule has 0 aliphatic rings. The summed E-state index contributed by atoms with van der Waals surface area (Å²) in [4.78, 5) is 16.3. The summed E-state index contributed by atoms with van der Waals surface area (Å²) in [5, 5.41) is 8.85. The molecule has 0 saturated heterocycles. The molecule has 0 bridgehead atoms. The molecule has 2 aromatic heterocycles. The van der Waals surface area contributed by atoms with Gasteiger partial charge in [0.2, 0.25) is 0 Å². The number of hydrazone groups is 1. The lowest BCUT2D eigenvalue weighted by Crippen LogP contribution is -2.18. The van der Waals surface area contributed by atoms with Gasteiger partial charge in [-0.15, -0.1) is 0 Å². The van der Waals surface area contributed by atoms with Crippen LogP contribution in [0.1, 0.15) is 27.4 Å². The Morgan fingerprint density at radius 1 is 1.24 bits per heavy atom. The molecule has 2 heterocycles. The molecule has 0 spiro atoms. The van der Waals surface area contributed by atoms with E-state index < -0.39 is 0 Å². The lowest BCUT2D eigenvalue weighted by atomic mass is 10.2. The number of nitrogens with one attached hydrogen (secondary N) is 1. The maximum Gasteiger partial charge on any atom is 0.291 e. The molecule has 1 N–H and O–H groups in total. The number of benzene rings is 1. The Labute approximate surface area is 150 Å². The first-order chi connectivity index (χ1) is 12.1. The summed E-state index contributed by atoms with van der Waals surface area (Å²) in [5.41, 5.74) is 5.35. The standard InChI is InChI=1S/C18H16ClN5O/c1-13-3-2-4-16(21-13)11-20-22-18(25)17-9-10-24(23-17)12-14-5-7-15(19)8-6-14/h2-11H,12H2,1H3,(H,22,25)/b20-11+. The second-order valence-corrected chi connectivity index (χ2v) is 5.86. The molecule has 1 amide bonds. The predicted molar refractivity (Wildman–Crippen MR) is 96.8 cm³/mol. The van der Waals surface area contributed by atoms with Crippen LogP contribution in [-0.4, -0.2) is 26.9 Å². The topological polar surface area (TPSA) is 72.2 Å². The summed E-state index contributed by atoms with van der Waals surface area (Å²) in [6.45, 7) is 2.45. The van der Waals surface area contributed by atoms with Gasteiger partial charge in [0.25, 0.3) is 5.91 Å². The van der Waals surface area contributed by atoms with E-state index in [1.165, 1.54) is 6.21 Å². The average Bonchev–Trinajstić information content (AvgIpc) is 3.06. The number of aromatic nitrogens is 3. The van der Waals surface area contributed by atoms with Crippen LogP contribution >= 0.6 is 11.6 Å². The number of halogens is 1. The van der Waals surface area contributed by atoms with Crippen molar-refractivity contribution >= 4 is 23.7 Å². The second kappa shape index (κ2) is 7.72. The summed E-state index contributed by atoms with van der Waals surface area (Å²) in [6, 6.07) is 14.7. The van der Waals surface area contributed by atoms with Crippen molar-refractivity contribution in [1.29, 1.82) is 0 Å². The van der Waals surface area contributed by atoms with Crippen molar-refractivity contribution in [2.75, 3.05) is 0 Å². The highest BCUT2D eigenvalue weighted by molar-refractivity contribution is 6.30. The van der Waals surface area contributed by atoms with Gasteiger partial charge in [-0.3, -0.25) is 14.5 Å². The number of amides is 1. The maximum atomic E-state index is 12.1. The van der Waals surface area contributed by atoms with Gasteiger partial charge in [0.05, 0.1) is 18.5 Å². The fourth-order valence-corrected chi connectivity index (χ4v) is 2.32. The average molecular weight is 354 g/mol. The van der Waals surface area contributed by atoms with Gasteiger partial charge in [-0.05, 0) is 42.8 Å². The molecule has 7 heteroatoms. The Kier molecular flexibility index (Phi) is 5.20. The van der Waals surface area contributed by atoms with E-state index in [0.717, 1.165) is 11.3 Å². The molecule has 6 nitrogen and oxygen atoms in total. The molecule has 0 unspecified atom stereocenters. The van der Waals surface area contributed by atoms with E-state index in [2.05, 4.69) is 20.6 Å². The van der Waals surface area contributed by atoms with E-state index in [-0.39, 0.29) is 5.91 Å². The Hall–Kier alpha value is -2.99. The van der Waals surface area contributed by atoms with Gasteiger partial charge in [0, 0.05) is 16.9 Å². The summed E-state index contributed by atoms with van der Waals surface area (Å²) in [6.07, 6.45) is 3.24. The van der Waals surface area contributed by atoms with Crippen LogP contribution in [0.5, 0.6) is 0 Å². The maximum absolute atomic E-state index is 12.1. The number of carbonyl (C=O) groups is 1. The highest BCUT2D eigenvalue weighted by Crippen LogP contribution is 2.10. The molecule has 25 heavy (non-hydrogen) atoms. The number of rotatable bonds is 5. The van der Waals surface area contributed by atoms with Gasteiger partial charge < -0.3 is 0 Å². The van der Waals surface area contributed by atoms with E-state index in [1.54, 1.807) is 16.9 Å². The van der Waals surface area contributed by atoms with Gasteiger partial charge in [-0.2, -0.15) is 10.2 Å². The highest BCUT2D eigenvalue weighted by atomic mass is 35.5. The van der Waals surface area contributed by atoms with Gasteiger partial charge >= 0.3 is 0 Å². The molecular weight excluding hydrogens is 338 g/mol. The SMILES string of the molecule is Cc1cccc(/C=N/NC(=O)c2ccn(Cc3ccc(Cl)cc3)n2)n1. The first-order valence-electron chi connectivity index (χ1n) is 7.65. The Morgan fingerprint density at radius 2 is 2.04 bits per heavy atom. The van der Waals surface area contributed by atoms with Gasteiger partial charge in [-0.1, -0.05) is 29.8 Å². The van der Waals surface area contributed by atoms with Crippen LogP contribution < -0.4 is 5.43 Å². The van der Waals surface area contributed by atoms with E-state index in [0.29, 0.717) is 23.0 Å². The van der Waals surface area contributed by atoms with E-state index in [9.17, 15) is 4.79 Å². The summed E-state index contributed by atoms with van der Waals surface area (Å²) < 4.78 is 1.68. The van der Waals surface area contributed by atoms with E-state index in [1.807, 2.05) is 49.4 Å². The number of hydrogen-bond acceptors (Lipinski definition) is 4. The lowest BCUT2D eigenvalue weighted by Gasteiger charge is -2.02. The van der Waals surface area contributed by atoms with Gasteiger partial charge in [-0.25, -0.2) is 5.43 Å². The van der Waals surface area contributed by atoms with Crippen LogP contribution in [0.15, 0.2) is 59.8 Å². The predicted octanol–water partition coefficient (Wildman–Crippen LogP) is 3.05. The van der Waals surface area contributed by atoms with Crippen molar-refractivity contribution in [1.82, 2.24) is 20.2 Å². The summed E-state index contributed by atoms with van der Waals surface area (Å²) >= 11 is 5.87. The number of aryl methyl sites for hydroxylation is 1. The summed E-state index contributed by atoms with van der Waals surface area (Å²) in [5.74, 6) is -0.376. The van der Waals surface area contributed by atoms with Crippen molar-refractivity contribution in [3.05, 3.63) is 82.4 Å². The third kappa shape index (κ3) is 4.74.